The van der Waals surface area contributed by atoms with E-state index in [2.05, 4.69) is 10.3 Å². The van der Waals surface area contributed by atoms with Gasteiger partial charge in [0.2, 0.25) is 0 Å². The lowest BCUT2D eigenvalue weighted by atomic mass is 9.82. The quantitative estimate of drug-likeness (QED) is 0.291. The van der Waals surface area contributed by atoms with Gasteiger partial charge in [0.1, 0.15) is 0 Å². The number of nitrogens with two attached hydrogens (primary N) is 1. The molecule has 3 aromatic carbocycles. The summed E-state index contributed by atoms with van der Waals surface area (Å²) >= 11 is 6.28. The van der Waals surface area contributed by atoms with Gasteiger partial charge in [-0.1, -0.05) is 41.9 Å². The SMILES string of the molecule is Cn1cncc1C(O)(c1ccc(C(=O)NCCN)cc1)c1ccc2c(c1)c(-c1cccc(Cl)c1)cc(=O)n2C. The smallest absolute Gasteiger partial charge is 0.251 e. The molecule has 0 aliphatic carbocycles. The van der Waals surface area contributed by atoms with E-state index in [9.17, 15) is 14.7 Å². The molecule has 0 aliphatic rings. The number of imidazole rings is 1. The molecule has 198 valence electrons. The molecule has 1 unspecified atom stereocenters. The van der Waals surface area contributed by atoms with Crippen LogP contribution < -0.4 is 16.6 Å². The van der Waals surface area contributed by atoms with Crippen LogP contribution in [0.15, 0.2) is 90.1 Å². The number of aliphatic hydroxyl groups is 1. The summed E-state index contributed by atoms with van der Waals surface area (Å²) in [5, 5.41) is 16.6. The summed E-state index contributed by atoms with van der Waals surface area (Å²) in [5.74, 6) is -0.242. The van der Waals surface area contributed by atoms with Crippen molar-refractivity contribution in [3.8, 4) is 11.1 Å². The molecule has 39 heavy (non-hydrogen) atoms. The summed E-state index contributed by atoms with van der Waals surface area (Å²) in [6, 6.07) is 21.2. The van der Waals surface area contributed by atoms with E-state index < -0.39 is 5.60 Å². The van der Waals surface area contributed by atoms with Crippen molar-refractivity contribution >= 4 is 28.4 Å². The van der Waals surface area contributed by atoms with Crippen LogP contribution in [0.4, 0.5) is 0 Å². The van der Waals surface area contributed by atoms with Crippen LogP contribution in [0, 0.1) is 0 Å². The Morgan fingerprint density at radius 1 is 1.05 bits per heavy atom. The Kier molecular flexibility index (Phi) is 7.10. The predicted octanol–water partition coefficient (Wildman–Crippen LogP) is 3.57. The molecule has 0 saturated heterocycles. The fourth-order valence-electron chi connectivity index (χ4n) is 4.90. The lowest BCUT2D eigenvalue weighted by Gasteiger charge is -2.30. The van der Waals surface area contributed by atoms with Crippen LogP contribution in [-0.4, -0.2) is 38.2 Å². The van der Waals surface area contributed by atoms with Gasteiger partial charge in [-0.3, -0.25) is 9.59 Å². The molecular weight excluding hydrogens is 514 g/mol. The molecule has 9 heteroatoms. The van der Waals surface area contributed by atoms with Gasteiger partial charge in [0, 0.05) is 49.2 Å². The first-order valence-electron chi connectivity index (χ1n) is 12.4. The van der Waals surface area contributed by atoms with Crippen molar-refractivity contribution in [2.24, 2.45) is 19.8 Å². The summed E-state index contributed by atoms with van der Waals surface area (Å²) < 4.78 is 3.33. The molecule has 8 nitrogen and oxygen atoms in total. The van der Waals surface area contributed by atoms with Crippen LogP contribution in [0.2, 0.25) is 5.02 Å². The van der Waals surface area contributed by atoms with Crippen LogP contribution >= 0.6 is 11.6 Å². The molecule has 0 spiro atoms. The highest BCUT2D eigenvalue weighted by Crippen LogP contribution is 2.39. The molecular formula is C30H28ClN5O3. The lowest BCUT2D eigenvalue weighted by Crippen LogP contribution is -2.32. The minimum atomic E-state index is -1.62. The Balaban J connectivity index is 1.73. The minimum absolute atomic E-state index is 0.157. The van der Waals surface area contributed by atoms with E-state index in [1.54, 1.807) is 71.2 Å². The molecule has 0 saturated carbocycles. The first-order chi connectivity index (χ1) is 18.7. The topological polar surface area (TPSA) is 115 Å². The number of halogens is 1. The van der Waals surface area contributed by atoms with E-state index >= 15 is 0 Å². The Bertz CT molecular complexity index is 1740. The standard InChI is InChI=1S/C30H28ClN5O3/c1-35-18-33-17-27(35)30(39,21-8-6-19(7-9-21)29(38)34-13-12-32)22-10-11-26-25(15-22)24(16-28(37)36(26)2)20-4-3-5-23(31)14-20/h3-11,14-18,39H,12-13,32H2,1-2H3,(H,34,38). The Morgan fingerprint density at radius 3 is 2.46 bits per heavy atom. The van der Waals surface area contributed by atoms with Gasteiger partial charge in [-0.05, 0) is 58.7 Å². The third kappa shape index (κ3) is 4.74. The Hall–Kier alpha value is -4.24. The molecule has 2 aromatic heterocycles. The van der Waals surface area contributed by atoms with Gasteiger partial charge in [0.05, 0.1) is 23.7 Å². The van der Waals surface area contributed by atoms with Crippen molar-refractivity contribution in [1.82, 2.24) is 19.4 Å². The molecule has 5 rings (SSSR count). The zero-order valence-corrected chi connectivity index (χ0v) is 22.3. The van der Waals surface area contributed by atoms with Crippen LogP contribution in [0.1, 0.15) is 27.2 Å². The van der Waals surface area contributed by atoms with Gasteiger partial charge in [-0.2, -0.15) is 0 Å². The number of fused-ring (bicyclic) bond motifs is 1. The summed E-state index contributed by atoms with van der Waals surface area (Å²) in [5.41, 5.74) is 8.04. The van der Waals surface area contributed by atoms with Gasteiger partial charge < -0.3 is 25.3 Å². The van der Waals surface area contributed by atoms with Crippen molar-refractivity contribution in [1.29, 1.82) is 0 Å². The van der Waals surface area contributed by atoms with Gasteiger partial charge in [0.25, 0.3) is 11.5 Å². The van der Waals surface area contributed by atoms with Gasteiger partial charge in [-0.25, -0.2) is 4.98 Å². The predicted molar refractivity (Wildman–Crippen MR) is 153 cm³/mol. The lowest BCUT2D eigenvalue weighted by molar-refractivity contribution is 0.0953. The summed E-state index contributed by atoms with van der Waals surface area (Å²) in [6.07, 6.45) is 3.24. The number of aryl methyl sites for hydroxylation is 2. The monoisotopic (exact) mass is 541 g/mol. The van der Waals surface area contributed by atoms with Crippen LogP contribution in [-0.2, 0) is 19.7 Å². The molecule has 0 aliphatic heterocycles. The number of carbonyl (C=O) groups is 1. The summed E-state index contributed by atoms with van der Waals surface area (Å²) in [6.45, 7) is 0.711. The van der Waals surface area contributed by atoms with Crippen molar-refractivity contribution in [2.45, 2.75) is 5.60 Å². The number of nitrogens with one attached hydrogen (secondary N) is 1. The second-order valence-electron chi connectivity index (χ2n) is 9.42. The molecule has 5 aromatic rings. The maximum Gasteiger partial charge on any atom is 0.251 e. The van der Waals surface area contributed by atoms with E-state index in [4.69, 9.17) is 17.3 Å². The molecule has 1 atom stereocenters. The number of aromatic nitrogens is 3. The number of amides is 1. The largest absolute Gasteiger partial charge is 0.374 e. The van der Waals surface area contributed by atoms with Gasteiger partial charge in [0.15, 0.2) is 5.60 Å². The number of hydrogen-bond acceptors (Lipinski definition) is 5. The molecule has 2 heterocycles. The van der Waals surface area contributed by atoms with E-state index in [0.717, 1.165) is 10.9 Å². The first kappa shape index (κ1) is 26.4. The number of hydrogen-bond donors (Lipinski definition) is 3. The van der Waals surface area contributed by atoms with E-state index in [1.165, 1.54) is 0 Å². The molecule has 0 radical (unpaired) electrons. The van der Waals surface area contributed by atoms with Gasteiger partial charge in [-0.15, -0.1) is 0 Å². The highest BCUT2D eigenvalue weighted by molar-refractivity contribution is 6.30. The van der Waals surface area contributed by atoms with Crippen LogP contribution in [0.5, 0.6) is 0 Å². The van der Waals surface area contributed by atoms with E-state index in [0.29, 0.717) is 51.6 Å². The van der Waals surface area contributed by atoms with Crippen LogP contribution in [0.3, 0.4) is 0 Å². The first-order valence-corrected chi connectivity index (χ1v) is 12.8. The number of benzene rings is 3. The molecule has 1 amide bonds. The number of carbonyl (C=O) groups excluding carboxylic acids is 1. The Labute approximate surface area is 230 Å². The average Bonchev–Trinajstić information content (AvgIpc) is 3.39. The summed E-state index contributed by atoms with van der Waals surface area (Å²) in [7, 11) is 3.53. The third-order valence-electron chi connectivity index (χ3n) is 6.98. The molecule has 0 fully saturated rings. The van der Waals surface area contributed by atoms with Crippen molar-refractivity contribution in [3.63, 3.8) is 0 Å². The van der Waals surface area contributed by atoms with Crippen molar-refractivity contribution < 1.29 is 9.90 Å². The number of pyridine rings is 1. The average molecular weight is 542 g/mol. The fraction of sp³-hybridized carbons (Fsp3) is 0.167. The fourth-order valence-corrected chi connectivity index (χ4v) is 5.09. The Morgan fingerprint density at radius 2 is 1.79 bits per heavy atom. The zero-order valence-electron chi connectivity index (χ0n) is 21.6. The second-order valence-corrected chi connectivity index (χ2v) is 9.86. The van der Waals surface area contributed by atoms with Crippen molar-refractivity contribution in [3.05, 3.63) is 123 Å². The van der Waals surface area contributed by atoms with E-state index in [-0.39, 0.29) is 11.5 Å². The highest BCUT2D eigenvalue weighted by atomic mass is 35.5. The summed E-state index contributed by atoms with van der Waals surface area (Å²) in [4.78, 5) is 29.5. The minimum Gasteiger partial charge on any atom is -0.374 e. The second kappa shape index (κ2) is 10.5. The zero-order chi connectivity index (χ0) is 27.7. The normalized spacial score (nSPS) is 12.8. The highest BCUT2D eigenvalue weighted by Gasteiger charge is 2.37. The number of nitrogens with zero attached hydrogens (tertiary/aromatic N) is 3. The molecule has 4 N–H and O–H groups in total. The third-order valence-corrected chi connectivity index (χ3v) is 7.22. The van der Waals surface area contributed by atoms with E-state index in [1.807, 2.05) is 37.4 Å². The molecule has 0 bridgehead atoms. The maximum atomic E-state index is 12.8. The number of rotatable bonds is 7. The maximum absolute atomic E-state index is 12.8. The van der Waals surface area contributed by atoms with Crippen molar-refractivity contribution in [2.75, 3.05) is 13.1 Å². The van der Waals surface area contributed by atoms with Gasteiger partial charge >= 0.3 is 0 Å². The van der Waals surface area contributed by atoms with Crippen LogP contribution in [0.25, 0.3) is 22.0 Å².